The number of aromatic nitrogens is 3. The summed E-state index contributed by atoms with van der Waals surface area (Å²) in [6.07, 6.45) is 1.80. The molecule has 4 rings (SSSR count). The Morgan fingerprint density at radius 3 is 2.76 bits per heavy atom. The summed E-state index contributed by atoms with van der Waals surface area (Å²) in [7, 11) is 0. The summed E-state index contributed by atoms with van der Waals surface area (Å²) in [4.78, 5) is 11.5. The zero-order chi connectivity index (χ0) is 17.4. The topological polar surface area (TPSA) is 86.7 Å². The molecule has 7 heteroatoms. The van der Waals surface area contributed by atoms with Crippen molar-refractivity contribution >= 4 is 11.5 Å². The zero-order valence-corrected chi connectivity index (χ0v) is 13.8. The summed E-state index contributed by atoms with van der Waals surface area (Å²) in [5, 5.41) is 19.3. The van der Waals surface area contributed by atoms with Gasteiger partial charge < -0.3 is 14.7 Å². The number of rotatable bonds is 2. The number of phenolic OH excluding ortho intramolecular Hbond substituents is 1. The zero-order valence-electron chi connectivity index (χ0n) is 13.8. The van der Waals surface area contributed by atoms with Crippen LogP contribution in [0.3, 0.4) is 0 Å². The van der Waals surface area contributed by atoms with Crippen LogP contribution >= 0.6 is 0 Å². The quantitative estimate of drug-likeness (QED) is 0.772. The average Bonchev–Trinajstić information content (AvgIpc) is 2.96. The number of hydrogen-bond acceptors (Lipinski definition) is 6. The summed E-state index contributed by atoms with van der Waals surface area (Å²) in [5.41, 5.74) is 3.30. The normalized spacial score (nSPS) is 14.6. The van der Waals surface area contributed by atoms with Gasteiger partial charge in [0.05, 0.1) is 24.6 Å². The minimum atomic E-state index is 0.176. The first-order chi connectivity index (χ1) is 12.2. The third kappa shape index (κ3) is 2.66. The van der Waals surface area contributed by atoms with E-state index in [1.807, 2.05) is 13.0 Å². The highest BCUT2D eigenvalue weighted by atomic mass is 16.5. The van der Waals surface area contributed by atoms with E-state index in [1.165, 1.54) is 0 Å². The van der Waals surface area contributed by atoms with Crippen LogP contribution in [0.25, 0.3) is 16.9 Å². The van der Waals surface area contributed by atoms with Gasteiger partial charge in [0.15, 0.2) is 11.5 Å². The number of benzene rings is 1. The van der Waals surface area contributed by atoms with Gasteiger partial charge in [-0.25, -0.2) is 9.97 Å². The molecule has 7 nitrogen and oxygen atoms in total. The Bertz CT molecular complexity index is 983. The molecule has 0 unspecified atom stereocenters. The van der Waals surface area contributed by atoms with Crippen LogP contribution in [0.2, 0.25) is 0 Å². The first kappa shape index (κ1) is 15.4. The number of phenols is 1. The molecule has 1 N–H and O–H groups in total. The van der Waals surface area contributed by atoms with Gasteiger partial charge in [0.25, 0.3) is 0 Å². The first-order valence-electron chi connectivity index (χ1n) is 8.09. The molecule has 25 heavy (non-hydrogen) atoms. The molecule has 126 valence electrons. The summed E-state index contributed by atoms with van der Waals surface area (Å²) in [6, 6.07) is 9.15. The van der Waals surface area contributed by atoms with Crippen molar-refractivity contribution in [2.75, 3.05) is 31.2 Å². The molecule has 0 aliphatic carbocycles. The third-order valence-corrected chi connectivity index (χ3v) is 4.32. The fourth-order valence-corrected chi connectivity index (χ4v) is 3.07. The van der Waals surface area contributed by atoms with Crippen molar-refractivity contribution in [1.29, 1.82) is 5.26 Å². The molecule has 2 aromatic heterocycles. The van der Waals surface area contributed by atoms with E-state index in [0.29, 0.717) is 35.9 Å². The van der Waals surface area contributed by atoms with Gasteiger partial charge >= 0.3 is 0 Å². The molecule has 3 aromatic rings. The smallest absolute Gasteiger partial charge is 0.181 e. The van der Waals surface area contributed by atoms with Crippen LogP contribution in [0.1, 0.15) is 11.4 Å². The number of morpholine rings is 1. The lowest BCUT2D eigenvalue weighted by atomic mass is 10.1. The van der Waals surface area contributed by atoms with Crippen molar-refractivity contribution in [1.82, 2.24) is 14.4 Å². The van der Waals surface area contributed by atoms with Crippen LogP contribution in [0, 0.1) is 18.3 Å². The summed E-state index contributed by atoms with van der Waals surface area (Å²) >= 11 is 0. The standard InChI is InChI=1S/C18H17N5O2/c1-12-16(10-19)23-11-15(13-3-2-4-14(24)9-13)21-17(18(23)20-12)22-5-7-25-8-6-22/h2-4,9,11,24H,5-8H2,1H3. The molecule has 1 aliphatic heterocycles. The van der Waals surface area contributed by atoms with Gasteiger partial charge in [0.1, 0.15) is 17.5 Å². The molecule has 0 saturated carbocycles. The van der Waals surface area contributed by atoms with E-state index in [1.54, 1.807) is 28.8 Å². The second-order valence-corrected chi connectivity index (χ2v) is 5.95. The number of aromatic hydroxyl groups is 1. The first-order valence-corrected chi connectivity index (χ1v) is 8.09. The van der Waals surface area contributed by atoms with Crippen LogP contribution < -0.4 is 4.90 Å². The fourth-order valence-electron chi connectivity index (χ4n) is 3.07. The average molecular weight is 335 g/mol. The monoisotopic (exact) mass is 335 g/mol. The van der Waals surface area contributed by atoms with E-state index >= 15 is 0 Å². The van der Waals surface area contributed by atoms with E-state index in [0.717, 1.165) is 24.5 Å². The maximum Gasteiger partial charge on any atom is 0.181 e. The Morgan fingerprint density at radius 2 is 2.04 bits per heavy atom. The van der Waals surface area contributed by atoms with Crippen LogP contribution in [0.4, 0.5) is 5.82 Å². The number of ether oxygens (including phenoxy) is 1. The molecule has 1 aliphatic rings. The maximum atomic E-state index is 9.78. The second-order valence-electron chi connectivity index (χ2n) is 5.95. The minimum Gasteiger partial charge on any atom is -0.508 e. The van der Waals surface area contributed by atoms with Crippen molar-refractivity contribution in [3.05, 3.63) is 41.9 Å². The third-order valence-electron chi connectivity index (χ3n) is 4.32. The molecule has 1 fully saturated rings. The Hall–Kier alpha value is -3.11. The highest BCUT2D eigenvalue weighted by molar-refractivity contribution is 5.72. The SMILES string of the molecule is Cc1nc2c(N3CCOCC3)nc(-c3cccc(O)c3)cn2c1C#N. The molecule has 1 aromatic carbocycles. The van der Waals surface area contributed by atoms with Gasteiger partial charge in [0, 0.05) is 24.8 Å². The van der Waals surface area contributed by atoms with Crippen molar-refractivity contribution in [2.45, 2.75) is 6.92 Å². The predicted molar refractivity (Wildman–Crippen MR) is 92.6 cm³/mol. The van der Waals surface area contributed by atoms with Gasteiger partial charge in [-0.1, -0.05) is 12.1 Å². The number of nitriles is 1. The number of aryl methyl sites for hydroxylation is 1. The molecule has 3 heterocycles. The Kier molecular flexibility index (Phi) is 3.75. The van der Waals surface area contributed by atoms with Gasteiger partial charge in [0.2, 0.25) is 0 Å². The fraction of sp³-hybridized carbons (Fsp3) is 0.278. The van der Waals surface area contributed by atoms with Gasteiger partial charge in [-0.15, -0.1) is 0 Å². The second kappa shape index (κ2) is 6.07. The molecule has 1 saturated heterocycles. The highest BCUT2D eigenvalue weighted by Gasteiger charge is 2.21. The molecule has 0 spiro atoms. The van der Waals surface area contributed by atoms with E-state index in [4.69, 9.17) is 9.72 Å². The molecule has 0 bridgehead atoms. The number of fused-ring (bicyclic) bond motifs is 1. The minimum absolute atomic E-state index is 0.176. The van der Waals surface area contributed by atoms with Crippen LogP contribution in [-0.2, 0) is 4.74 Å². The number of hydrogen-bond donors (Lipinski definition) is 1. The van der Waals surface area contributed by atoms with Gasteiger partial charge in [-0.05, 0) is 19.1 Å². The Balaban J connectivity index is 1.97. The highest BCUT2D eigenvalue weighted by Crippen LogP contribution is 2.28. The lowest BCUT2D eigenvalue weighted by molar-refractivity contribution is 0.122. The van der Waals surface area contributed by atoms with Crippen LogP contribution in [0.15, 0.2) is 30.5 Å². The number of imidazole rings is 1. The van der Waals surface area contributed by atoms with Gasteiger partial charge in [-0.2, -0.15) is 5.26 Å². The van der Waals surface area contributed by atoms with E-state index in [2.05, 4.69) is 16.0 Å². The summed E-state index contributed by atoms with van der Waals surface area (Å²) in [5.74, 6) is 0.906. The van der Waals surface area contributed by atoms with Crippen molar-refractivity contribution in [3.63, 3.8) is 0 Å². The lowest BCUT2D eigenvalue weighted by Gasteiger charge is -2.28. The molecular weight excluding hydrogens is 318 g/mol. The molecular formula is C18H17N5O2. The Morgan fingerprint density at radius 1 is 1.24 bits per heavy atom. The lowest BCUT2D eigenvalue weighted by Crippen LogP contribution is -2.37. The van der Waals surface area contributed by atoms with Crippen molar-refractivity contribution in [3.8, 4) is 23.1 Å². The van der Waals surface area contributed by atoms with Gasteiger partial charge in [-0.3, -0.25) is 4.40 Å². The molecule has 0 atom stereocenters. The predicted octanol–water partition coefficient (Wildman–Crippen LogP) is 2.12. The van der Waals surface area contributed by atoms with Crippen molar-refractivity contribution in [2.24, 2.45) is 0 Å². The largest absolute Gasteiger partial charge is 0.508 e. The van der Waals surface area contributed by atoms with E-state index < -0.39 is 0 Å². The Labute approximate surface area is 144 Å². The maximum absolute atomic E-state index is 9.78. The van der Waals surface area contributed by atoms with Crippen molar-refractivity contribution < 1.29 is 9.84 Å². The number of nitrogens with zero attached hydrogens (tertiary/aromatic N) is 5. The summed E-state index contributed by atoms with van der Waals surface area (Å²) < 4.78 is 7.22. The van der Waals surface area contributed by atoms with E-state index in [9.17, 15) is 10.4 Å². The summed E-state index contributed by atoms with van der Waals surface area (Å²) in [6.45, 7) is 4.53. The molecule has 0 radical (unpaired) electrons. The van der Waals surface area contributed by atoms with Crippen LogP contribution in [-0.4, -0.2) is 45.8 Å². The van der Waals surface area contributed by atoms with E-state index in [-0.39, 0.29) is 5.75 Å². The molecule has 0 amide bonds. The number of anilines is 1. The van der Waals surface area contributed by atoms with Crippen LogP contribution in [0.5, 0.6) is 5.75 Å².